The Morgan fingerprint density at radius 1 is 1.65 bits per heavy atom. The van der Waals surface area contributed by atoms with Gasteiger partial charge >= 0.3 is 0 Å². The summed E-state index contributed by atoms with van der Waals surface area (Å²) in [7, 11) is 2.17. The standard InChI is InChI=1S/C13H22N2OS/c1-13(10-16-8-12(13)14)9-15(2)6-5-11-4-3-7-17-11/h3-4,7,12H,5-6,8-10,14H2,1-2H3. The molecule has 0 bridgehead atoms. The van der Waals surface area contributed by atoms with Gasteiger partial charge in [-0.25, -0.2) is 0 Å². The SMILES string of the molecule is CN(CCc1cccs1)CC1(C)COCC1N. The molecule has 1 aliphatic heterocycles. The van der Waals surface area contributed by atoms with Crippen LogP contribution in [0.1, 0.15) is 11.8 Å². The Morgan fingerprint density at radius 2 is 2.47 bits per heavy atom. The second-order valence-corrected chi connectivity index (χ2v) is 6.38. The first kappa shape index (κ1) is 13.0. The molecule has 4 heteroatoms. The Bertz CT molecular complexity index is 341. The molecule has 0 spiro atoms. The Hall–Kier alpha value is -0.420. The minimum Gasteiger partial charge on any atom is -0.379 e. The second-order valence-electron chi connectivity index (χ2n) is 5.34. The number of hydrogen-bond acceptors (Lipinski definition) is 4. The highest BCUT2D eigenvalue weighted by Gasteiger charge is 2.38. The van der Waals surface area contributed by atoms with Crippen LogP contribution < -0.4 is 5.73 Å². The molecule has 0 aromatic carbocycles. The molecular weight excluding hydrogens is 232 g/mol. The van der Waals surface area contributed by atoms with Gasteiger partial charge in [0.15, 0.2) is 0 Å². The van der Waals surface area contributed by atoms with E-state index in [9.17, 15) is 0 Å². The van der Waals surface area contributed by atoms with E-state index in [2.05, 4.69) is 36.4 Å². The Labute approximate surface area is 108 Å². The van der Waals surface area contributed by atoms with E-state index in [1.165, 1.54) is 4.88 Å². The molecule has 2 N–H and O–H groups in total. The average Bonchev–Trinajstić information content (AvgIpc) is 2.88. The molecule has 96 valence electrons. The summed E-state index contributed by atoms with van der Waals surface area (Å²) in [6.45, 7) is 5.82. The third-order valence-electron chi connectivity index (χ3n) is 3.58. The summed E-state index contributed by atoms with van der Waals surface area (Å²) in [4.78, 5) is 3.82. The van der Waals surface area contributed by atoms with Crippen molar-refractivity contribution in [3.05, 3.63) is 22.4 Å². The zero-order valence-electron chi connectivity index (χ0n) is 10.7. The first-order valence-corrected chi connectivity index (χ1v) is 7.02. The highest BCUT2D eigenvalue weighted by molar-refractivity contribution is 7.09. The molecule has 2 rings (SSSR count). The van der Waals surface area contributed by atoms with Gasteiger partial charge in [-0.3, -0.25) is 0 Å². The number of thiophene rings is 1. The molecule has 1 aromatic rings. The zero-order chi connectivity index (χ0) is 12.3. The molecule has 2 atom stereocenters. The van der Waals surface area contributed by atoms with Crippen molar-refractivity contribution >= 4 is 11.3 Å². The molecule has 1 fully saturated rings. The molecule has 0 radical (unpaired) electrons. The zero-order valence-corrected chi connectivity index (χ0v) is 11.5. The maximum absolute atomic E-state index is 6.10. The van der Waals surface area contributed by atoms with Gasteiger partial charge in [0.05, 0.1) is 13.2 Å². The van der Waals surface area contributed by atoms with Crippen LogP contribution in [0.3, 0.4) is 0 Å². The highest BCUT2D eigenvalue weighted by atomic mass is 32.1. The summed E-state index contributed by atoms with van der Waals surface area (Å²) in [6.07, 6.45) is 1.13. The minimum atomic E-state index is 0.115. The van der Waals surface area contributed by atoms with Crippen LogP contribution in [0.25, 0.3) is 0 Å². The Morgan fingerprint density at radius 3 is 3.06 bits per heavy atom. The van der Waals surface area contributed by atoms with E-state index < -0.39 is 0 Å². The van der Waals surface area contributed by atoms with Gasteiger partial charge in [-0.15, -0.1) is 11.3 Å². The van der Waals surface area contributed by atoms with Gasteiger partial charge in [0, 0.05) is 29.4 Å². The summed E-state index contributed by atoms with van der Waals surface area (Å²) >= 11 is 1.83. The number of nitrogens with zero attached hydrogens (tertiary/aromatic N) is 1. The molecule has 0 amide bonds. The number of hydrogen-bond donors (Lipinski definition) is 1. The highest BCUT2D eigenvalue weighted by Crippen LogP contribution is 2.27. The lowest BCUT2D eigenvalue weighted by atomic mass is 9.85. The number of ether oxygens (including phenoxy) is 1. The van der Waals surface area contributed by atoms with E-state index in [4.69, 9.17) is 10.5 Å². The van der Waals surface area contributed by atoms with Gasteiger partial charge in [0.25, 0.3) is 0 Å². The van der Waals surface area contributed by atoms with Crippen LogP contribution in [-0.4, -0.2) is 44.3 Å². The predicted molar refractivity (Wildman–Crippen MR) is 72.4 cm³/mol. The van der Waals surface area contributed by atoms with Gasteiger partial charge in [-0.05, 0) is 24.9 Å². The lowest BCUT2D eigenvalue weighted by Gasteiger charge is -2.31. The molecule has 2 unspecified atom stereocenters. The molecule has 0 aliphatic carbocycles. The van der Waals surface area contributed by atoms with Crippen molar-refractivity contribution in [2.24, 2.45) is 11.1 Å². The van der Waals surface area contributed by atoms with Crippen LogP contribution in [0.2, 0.25) is 0 Å². The summed E-state index contributed by atoms with van der Waals surface area (Å²) in [6, 6.07) is 4.49. The summed E-state index contributed by atoms with van der Waals surface area (Å²) in [5.74, 6) is 0. The molecule has 17 heavy (non-hydrogen) atoms. The second kappa shape index (κ2) is 5.48. The van der Waals surface area contributed by atoms with E-state index in [-0.39, 0.29) is 11.5 Å². The van der Waals surface area contributed by atoms with Crippen molar-refractivity contribution in [3.8, 4) is 0 Å². The average molecular weight is 254 g/mol. The van der Waals surface area contributed by atoms with Gasteiger partial charge in [-0.1, -0.05) is 13.0 Å². The van der Waals surface area contributed by atoms with E-state index >= 15 is 0 Å². The molecule has 0 saturated carbocycles. The predicted octanol–water partition coefficient (Wildman–Crippen LogP) is 1.59. The fourth-order valence-electron chi connectivity index (χ4n) is 2.34. The quantitative estimate of drug-likeness (QED) is 0.867. The maximum Gasteiger partial charge on any atom is 0.0624 e. The largest absolute Gasteiger partial charge is 0.379 e. The summed E-state index contributed by atoms with van der Waals surface area (Å²) < 4.78 is 5.47. The third kappa shape index (κ3) is 3.28. The Balaban J connectivity index is 1.79. The first-order chi connectivity index (χ1) is 8.10. The summed E-state index contributed by atoms with van der Waals surface area (Å²) in [5, 5.41) is 2.14. The lowest BCUT2D eigenvalue weighted by Crippen LogP contribution is -2.46. The van der Waals surface area contributed by atoms with Crippen LogP contribution in [0, 0.1) is 5.41 Å². The van der Waals surface area contributed by atoms with Gasteiger partial charge in [0.1, 0.15) is 0 Å². The van der Waals surface area contributed by atoms with Crippen molar-refractivity contribution in [1.82, 2.24) is 4.90 Å². The fourth-order valence-corrected chi connectivity index (χ4v) is 3.04. The van der Waals surface area contributed by atoms with Crippen molar-refractivity contribution in [2.45, 2.75) is 19.4 Å². The van der Waals surface area contributed by atoms with E-state index in [1.54, 1.807) is 0 Å². The van der Waals surface area contributed by atoms with Crippen molar-refractivity contribution in [1.29, 1.82) is 0 Å². The van der Waals surface area contributed by atoms with Crippen LogP contribution in [0.15, 0.2) is 17.5 Å². The van der Waals surface area contributed by atoms with Crippen LogP contribution in [0.4, 0.5) is 0 Å². The first-order valence-electron chi connectivity index (χ1n) is 6.14. The molecule has 1 saturated heterocycles. The molecule has 1 aliphatic rings. The minimum absolute atomic E-state index is 0.115. The molecular formula is C13H22N2OS. The third-order valence-corrected chi connectivity index (χ3v) is 4.51. The van der Waals surface area contributed by atoms with Gasteiger partial charge < -0.3 is 15.4 Å². The summed E-state index contributed by atoms with van der Waals surface area (Å²) in [5.41, 5.74) is 6.22. The number of rotatable bonds is 5. The van der Waals surface area contributed by atoms with Crippen molar-refractivity contribution in [2.75, 3.05) is 33.4 Å². The Kier molecular flexibility index (Phi) is 4.20. The van der Waals surface area contributed by atoms with Crippen molar-refractivity contribution < 1.29 is 4.74 Å². The van der Waals surface area contributed by atoms with Gasteiger partial charge in [-0.2, -0.15) is 0 Å². The van der Waals surface area contributed by atoms with E-state index in [1.807, 2.05) is 11.3 Å². The number of nitrogens with two attached hydrogens (primary N) is 1. The molecule has 3 nitrogen and oxygen atoms in total. The smallest absolute Gasteiger partial charge is 0.0624 e. The monoisotopic (exact) mass is 254 g/mol. The molecule has 2 heterocycles. The molecule has 1 aromatic heterocycles. The maximum atomic E-state index is 6.10. The topological polar surface area (TPSA) is 38.5 Å². The van der Waals surface area contributed by atoms with Gasteiger partial charge in [0.2, 0.25) is 0 Å². The van der Waals surface area contributed by atoms with Crippen LogP contribution in [0.5, 0.6) is 0 Å². The van der Waals surface area contributed by atoms with Crippen molar-refractivity contribution in [3.63, 3.8) is 0 Å². The van der Waals surface area contributed by atoms with E-state index in [0.717, 1.165) is 26.1 Å². The van der Waals surface area contributed by atoms with Crippen LogP contribution >= 0.6 is 11.3 Å². The van der Waals surface area contributed by atoms with Crippen LogP contribution in [-0.2, 0) is 11.2 Å². The lowest BCUT2D eigenvalue weighted by molar-refractivity contribution is 0.131. The fraction of sp³-hybridized carbons (Fsp3) is 0.692. The normalized spacial score (nSPS) is 29.1. The van der Waals surface area contributed by atoms with E-state index in [0.29, 0.717) is 6.61 Å². The number of likely N-dealkylation sites (N-methyl/N-ethyl adjacent to an activating group) is 1.